The zero-order chi connectivity index (χ0) is 21.8. The predicted molar refractivity (Wildman–Crippen MR) is 115 cm³/mol. The number of hydrogen-bond acceptors (Lipinski definition) is 7. The molecule has 0 spiro atoms. The van der Waals surface area contributed by atoms with Gasteiger partial charge in [-0.05, 0) is 37.3 Å². The second kappa shape index (κ2) is 9.44. The van der Waals surface area contributed by atoms with Crippen molar-refractivity contribution in [2.24, 2.45) is 0 Å². The Labute approximate surface area is 183 Å². The number of nitrogens with one attached hydrogen (secondary N) is 2. The van der Waals surface area contributed by atoms with Gasteiger partial charge in [-0.15, -0.1) is 0 Å². The first-order valence-corrected chi connectivity index (χ1v) is 10.8. The van der Waals surface area contributed by atoms with E-state index in [0.29, 0.717) is 43.4 Å². The predicted octanol–water partition coefficient (Wildman–Crippen LogP) is 3.19. The second-order valence-electron chi connectivity index (χ2n) is 7.16. The molecule has 2 aromatic heterocycles. The molecule has 1 fully saturated rings. The largest absolute Gasteiger partial charge is 0.493 e. The van der Waals surface area contributed by atoms with Crippen LogP contribution in [0.3, 0.4) is 0 Å². The van der Waals surface area contributed by atoms with Crippen LogP contribution in [0.1, 0.15) is 32.9 Å². The Morgan fingerprint density at radius 2 is 2.23 bits per heavy atom. The third-order valence-corrected chi connectivity index (χ3v) is 6.16. The summed E-state index contributed by atoms with van der Waals surface area (Å²) in [4.78, 5) is 19.8. The van der Waals surface area contributed by atoms with E-state index in [-0.39, 0.29) is 17.8 Å². The summed E-state index contributed by atoms with van der Waals surface area (Å²) in [6, 6.07) is 7.86. The van der Waals surface area contributed by atoms with Crippen LogP contribution >= 0.6 is 11.3 Å². The SMILES string of the molecule is CNc1nc(C)c(C(=O)N2CCO[C@@H](c3cc(CCOc4ccc(F)cc4)[nH]n3)C2)s1. The van der Waals surface area contributed by atoms with E-state index >= 15 is 0 Å². The molecule has 1 atom stereocenters. The summed E-state index contributed by atoms with van der Waals surface area (Å²) in [6.45, 7) is 3.69. The number of anilines is 1. The van der Waals surface area contributed by atoms with Crippen LogP contribution in [0.2, 0.25) is 0 Å². The van der Waals surface area contributed by atoms with E-state index in [4.69, 9.17) is 9.47 Å². The van der Waals surface area contributed by atoms with Crippen molar-refractivity contribution in [1.82, 2.24) is 20.1 Å². The van der Waals surface area contributed by atoms with Gasteiger partial charge in [-0.3, -0.25) is 9.89 Å². The minimum Gasteiger partial charge on any atom is -0.493 e. The van der Waals surface area contributed by atoms with Crippen LogP contribution in [-0.4, -0.2) is 59.3 Å². The molecule has 0 bridgehead atoms. The van der Waals surface area contributed by atoms with E-state index in [1.165, 1.54) is 23.5 Å². The third-order valence-electron chi connectivity index (χ3n) is 4.99. The van der Waals surface area contributed by atoms with Crippen molar-refractivity contribution in [2.75, 3.05) is 38.7 Å². The number of amides is 1. The van der Waals surface area contributed by atoms with Gasteiger partial charge in [-0.25, -0.2) is 9.37 Å². The molecule has 1 aliphatic heterocycles. The van der Waals surface area contributed by atoms with Crippen LogP contribution in [0, 0.1) is 12.7 Å². The lowest BCUT2D eigenvalue weighted by Crippen LogP contribution is -2.42. The number of H-pyrrole nitrogens is 1. The van der Waals surface area contributed by atoms with Crippen molar-refractivity contribution in [3.05, 3.63) is 58.1 Å². The van der Waals surface area contributed by atoms with Gasteiger partial charge in [0.25, 0.3) is 5.91 Å². The van der Waals surface area contributed by atoms with Crippen LogP contribution in [0.5, 0.6) is 5.75 Å². The normalized spacial score (nSPS) is 16.4. The monoisotopic (exact) mass is 445 g/mol. The van der Waals surface area contributed by atoms with Gasteiger partial charge in [0.15, 0.2) is 5.13 Å². The lowest BCUT2D eigenvalue weighted by atomic mass is 10.1. The van der Waals surface area contributed by atoms with Crippen LogP contribution in [-0.2, 0) is 11.2 Å². The number of aryl methyl sites for hydroxylation is 1. The van der Waals surface area contributed by atoms with Gasteiger partial charge < -0.3 is 19.7 Å². The number of morpholine rings is 1. The number of carbonyl (C=O) groups excluding carboxylic acids is 1. The molecular formula is C21H24FN5O3S. The Kier molecular flexibility index (Phi) is 6.47. The van der Waals surface area contributed by atoms with Crippen molar-refractivity contribution >= 4 is 22.4 Å². The third kappa shape index (κ3) is 5.02. The summed E-state index contributed by atoms with van der Waals surface area (Å²) in [5.74, 6) is 0.289. The van der Waals surface area contributed by atoms with E-state index in [1.807, 2.05) is 13.0 Å². The smallest absolute Gasteiger partial charge is 0.266 e. The molecule has 164 valence electrons. The minimum atomic E-state index is -0.294. The molecule has 31 heavy (non-hydrogen) atoms. The van der Waals surface area contributed by atoms with Crippen LogP contribution < -0.4 is 10.1 Å². The molecule has 8 nitrogen and oxygen atoms in total. The quantitative estimate of drug-likeness (QED) is 0.580. The van der Waals surface area contributed by atoms with Gasteiger partial charge in [-0.2, -0.15) is 5.10 Å². The number of halogens is 1. The highest BCUT2D eigenvalue weighted by atomic mass is 32.1. The molecule has 1 aromatic carbocycles. The van der Waals surface area contributed by atoms with E-state index in [1.54, 1.807) is 24.1 Å². The minimum absolute atomic E-state index is 0.0340. The molecule has 1 amide bonds. The van der Waals surface area contributed by atoms with Gasteiger partial charge in [0.2, 0.25) is 0 Å². The number of rotatable bonds is 7. The topological polar surface area (TPSA) is 92.4 Å². The molecular weight excluding hydrogens is 421 g/mol. The number of ether oxygens (including phenoxy) is 2. The zero-order valence-electron chi connectivity index (χ0n) is 17.4. The van der Waals surface area contributed by atoms with E-state index in [2.05, 4.69) is 20.5 Å². The fourth-order valence-electron chi connectivity index (χ4n) is 3.34. The summed E-state index contributed by atoms with van der Waals surface area (Å²) in [5, 5.41) is 11.1. The summed E-state index contributed by atoms with van der Waals surface area (Å²) in [5.41, 5.74) is 2.39. The first-order chi connectivity index (χ1) is 15.0. The fraction of sp³-hybridized carbons (Fsp3) is 0.381. The molecule has 4 rings (SSSR count). The molecule has 0 aliphatic carbocycles. The van der Waals surface area contributed by atoms with Crippen molar-refractivity contribution in [3.63, 3.8) is 0 Å². The first-order valence-electron chi connectivity index (χ1n) is 10.0. The number of thiazole rings is 1. The van der Waals surface area contributed by atoms with Gasteiger partial charge >= 0.3 is 0 Å². The highest BCUT2D eigenvalue weighted by molar-refractivity contribution is 7.17. The van der Waals surface area contributed by atoms with Crippen LogP contribution in [0.15, 0.2) is 30.3 Å². The number of aromatic amines is 1. The summed E-state index contributed by atoms with van der Waals surface area (Å²) < 4.78 is 24.5. The molecule has 0 saturated carbocycles. The first kappa shape index (κ1) is 21.3. The van der Waals surface area contributed by atoms with Gasteiger partial charge in [-0.1, -0.05) is 11.3 Å². The van der Waals surface area contributed by atoms with E-state index in [9.17, 15) is 9.18 Å². The summed E-state index contributed by atoms with van der Waals surface area (Å²) >= 11 is 1.36. The average Bonchev–Trinajstić information content (AvgIpc) is 3.41. The standard InChI is InChI=1S/C21H24FN5O3S/c1-13-19(31-21(23-2)24-13)20(28)27-8-10-30-18(12-27)17-11-15(25-26-17)7-9-29-16-5-3-14(22)4-6-16/h3-6,11,18H,7-10,12H2,1-2H3,(H,23,24)(H,25,26)/t18-/m1/s1. The summed E-state index contributed by atoms with van der Waals surface area (Å²) in [6.07, 6.45) is 0.324. The van der Waals surface area contributed by atoms with Crippen molar-refractivity contribution < 1.29 is 18.7 Å². The lowest BCUT2D eigenvalue weighted by molar-refractivity contribution is -0.0246. The van der Waals surface area contributed by atoms with E-state index in [0.717, 1.165) is 22.2 Å². The maximum absolute atomic E-state index is 13.0. The second-order valence-corrected chi connectivity index (χ2v) is 8.16. The van der Waals surface area contributed by atoms with Crippen molar-refractivity contribution in [3.8, 4) is 5.75 Å². The number of benzene rings is 1. The maximum atomic E-state index is 13.0. The molecule has 0 unspecified atom stereocenters. The number of nitrogens with zero attached hydrogens (tertiary/aromatic N) is 3. The average molecular weight is 446 g/mol. The Bertz CT molecular complexity index is 1040. The number of aromatic nitrogens is 3. The number of hydrogen-bond donors (Lipinski definition) is 2. The Hall–Kier alpha value is -2.98. The molecule has 3 aromatic rings. The highest BCUT2D eigenvalue weighted by Gasteiger charge is 2.29. The van der Waals surface area contributed by atoms with Crippen molar-refractivity contribution in [1.29, 1.82) is 0 Å². The van der Waals surface area contributed by atoms with Gasteiger partial charge in [0.1, 0.15) is 22.5 Å². The van der Waals surface area contributed by atoms with Gasteiger partial charge in [0.05, 0.1) is 31.1 Å². The Morgan fingerprint density at radius 3 is 2.97 bits per heavy atom. The molecule has 10 heteroatoms. The lowest BCUT2D eigenvalue weighted by Gasteiger charge is -2.31. The van der Waals surface area contributed by atoms with Crippen LogP contribution in [0.4, 0.5) is 9.52 Å². The van der Waals surface area contributed by atoms with Gasteiger partial charge in [0, 0.05) is 25.7 Å². The highest BCUT2D eigenvalue weighted by Crippen LogP contribution is 2.27. The fourth-order valence-corrected chi connectivity index (χ4v) is 4.23. The molecule has 1 aliphatic rings. The maximum Gasteiger partial charge on any atom is 0.266 e. The summed E-state index contributed by atoms with van der Waals surface area (Å²) in [7, 11) is 1.79. The Morgan fingerprint density at radius 1 is 1.42 bits per heavy atom. The van der Waals surface area contributed by atoms with E-state index < -0.39 is 0 Å². The molecule has 2 N–H and O–H groups in total. The Balaban J connectivity index is 1.34. The molecule has 3 heterocycles. The molecule has 0 radical (unpaired) electrons. The van der Waals surface area contributed by atoms with Crippen molar-refractivity contribution in [2.45, 2.75) is 19.4 Å². The number of carbonyl (C=O) groups is 1. The molecule has 1 saturated heterocycles. The van der Waals surface area contributed by atoms with Crippen LogP contribution in [0.25, 0.3) is 0 Å². The zero-order valence-corrected chi connectivity index (χ0v) is 18.2.